The smallest absolute Gasteiger partial charge is 0.341 e. The summed E-state index contributed by atoms with van der Waals surface area (Å²) in [5.41, 5.74) is 1.15. The number of carboxylic acid groups (broad SMARTS) is 1. The van der Waals surface area contributed by atoms with Crippen molar-refractivity contribution in [1.29, 1.82) is 0 Å². The molecule has 1 heterocycles. The van der Waals surface area contributed by atoms with Gasteiger partial charge in [-0.3, -0.25) is 0 Å². The molecule has 0 aliphatic carbocycles. The zero-order chi connectivity index (χ0) is 14.0. The molecule has 0 saturated heterocycles. The first-order valence-corrected chi connectivity index (χ1v) is 6.00. The summed E-state index contributed by atoms with van der Waals surface area (Å²) >= 11 is 0. The van der Waals surface area contributed by atoms with E-state index in [1.807, 2.05) is 6.92 Å². The number of carboxylic acids is 1. The topological polar surface area (TPSA) is 59.4 Å². The van der Waals surface area contributed by atoms with Crippen molar-refractivity contribution in [3.63, 3.8) is 0 Å². The molecule has 1 aromatic carbocycles. The van der Waals surface area contributed by atoms with Crippen molar-refractivity contribution in [3.05, 3.63) is 35.1 Å². The second kappa shape index (κ2) is 5.22. The van der Waals surface area contributed by atoms with Gasteiger partial charge in [0.05, 0.1) is 12.1 Å². The lowest BCUT2D eigenvalue weighted by Gasteiger charge is -2.10. The Morgan fingerprint density at radius 2 is 2.16 bits per heavy atom. The molecule has 0 fully saturated rings. The summed E-state index contributed by atoms with van der Waals surface area (Å²) < 4.78 is 18.7. The van der Waals surface area contributed by atoms with Gasteiger partial charge >= 0.3 is 5.97 Å². The number of fused-ring (bicyclic) bond motifs is 1. The minimum Gasteiger partial charge on any atom is -0.477 e. The van der Waals surface area contributed by atoms with E-state index in [1.54, 1.807) is 6.92 Å². The summed E-state index contributed by atoms with van der Waals surface area (Å²) in [5, 5.41) is 9.61. The second-order valence-corrected chi connectivity index (χ2v) is 4.29. The van der Waals surface area contributed by atoms with Gasteiger partial charge in [0, 0.05) is 5.39 Å². The number of rotatable bonds is 4. The number of benzene rings is 1. The normalized spacial score (nSPS) is 10.7. The quantitative estimate of drug-likeness (QED) is 0.920. The Morgan fingerprint density at radius 1 is 1.42 bits per heavy atom. The monoisotopic (exact) mass is 263 g/mol. The van der Waals surface area contributed by atoms with Crippen molar-refractivity contribution in [2.24, 2.45) is 0 Å². The van der Waals surface area contributed by atoms with Gasteiger partial charge in [-0.05, 0) is 37.1 Å². The number of halogens is 1. The van der Waals surface area contributed by atoms with Crippen LogP contribution in [-0.4, -0.2) is 22.7 Å². The number of aryl methyl sites for hydroxylation is 1. The third-order valence-corrected chi connectivity index (χ3v) is 2.71. The van der Waals surface area contributed by atoms with Gasteiger partial charge in [-0.1, -0.05) is 6.92 Å². The Hall–Kier alpha value is -2.17. The van der Waals surface area contributed by atoms with Crippen LogP contribution in [0.15, 0.2) is 18.2 Å². The molecule has 1 aromatic heterocycles. The lowest BCUT2D eigenvalue weighted by atomic mass is 10.1. The van der Waals surface area contributed by atoms with Crippen molar-refractivity contribution in [2.45, 2.75) is 20.3 Å². The Labute approximate surface area is 109 Å². The molecule has 0 unspecified atom stereocenters. The van der Waals surface area contributed by atoms with E-state index in [2.05, 4.69) is 4.98 Å². The van der Waals surface area contributed by atoms with Crippen molar-refractivity contribution >= 4 is 16.9 Å². The van der Waals surface area contributed by atoms with E-state index in [0.717, 1.165) is 6.42 Å². The maximum atomic E-state index is 13.3. The third-order valence-electron chi connectivity index (χ3n) is 2.71. The average molecular weight is 263 g/mol. The molecule has 0 spiro atoms. The van der Waals surface area contributed by atoms with Gasteiger partial charge in [-0.15, -0.1) is 0 Å². The van der Waals surface area contributed by atoms with Crippen LogP contribution in [0.2, 0.25) is 0 Å². The van der Waals surface area contributed by atoms with Crippen LogP contribution in [0.4, 0.5) is 4.39 Å². The van der Waals surface area contributed by atoms with Gasteiger partial charge in [-0.25, -0.2) is 14.2 Å². The summed E-state index contributed by atoms with van der Waals surface area (Å²) in [6, 6.07) is 4.02. The summed E-state index contributed by atoms with van der Waals surface area (Å²) in [7, 11) is 0. The Kier molecular flexibility index (Phi) is 3.64. The molecule has 5 heteroatoms. The summed E-state index contributed by atoms with van der Waals surface area (Å²) in [6.07, 6.45) is 0.751. The number of hydrogen-bond donors (Lipinski definition) is 1. The van der Waals surface area contributed by atoms with Crippen LogP contribution in [0.1, 0.15) is 29.3 Å². The predicted molar refractivity (Wildman–Crippen MR) is 69.2 cm³/mol. The molecule has 0 bridgehead atoms. The minimum atomic E-state index is -1.14. The fraction of sp³-hybridized carbons (Fsp3) is 0.286. The lowest BCUT2D eigenvalue weighted by molar-refractivity contribution is 0.0691. The number of pyridine rings is 1. The number of ether oxygens (including phenoxy) is 1. The number of hydrogen-bond acceptors (Lipinski definition) is 3. The van der Waals surface area contributed by atoms with Crippen molar-refractivity contribution in [3.8, 4) is 5.88 Å². The van der Waals surface area contributed by atoms with Crippen LogP contribution >= 0.6 is 0 Å². The van der Waals surface area contributed by atoms with Gasteiger partial charge < -0.3 is 9.84 Å². The highest BCUT2D eigenvalue weighted by Crippen LogP contribution is 2.25. The zero-order valence-electron chi connectivity index (χ0n) is 10.7. The van der Waals surface area contributed by atoms with E-state index >= 15 is 0 Å². The molecule has 0 atom stereocenters. The number of aromatic carboxylic acids is 1. The van der Waals surface area contributed by atoms with Gasteiger partial charge in [0.1, 0.15) is 11.4 Å². The average Bonchev–Trinajstić information content (AvgIpc) is 2.35. The van der Waals surface area contributed by atoms with Gasteiger partial charge in [-0.2, -0.15) is 0 Å². The third kappa shape index (κ3) is 2.65. The highest BCUT2D eigenvalue weighted by molar-refractivity contribution is 5.96. The van der Waals surface area contributed by atoms with Crippen LogP contribution < -0.4 is 4.74 Å². The summed E-state index contributed by atoms with van der Waals surface area (Å²) in [4.78, 5) is 15.4. The van der Waals surface area contributed by atoms with Gasteiger partial charge in [0.25, 0.3) is 0 Å². The maximum Gasteiger partial charge on any atom is 0.341 e. The molecule has 0 aliphatic heterocycles. The van der Waals surface area contributed by atoms with E-state index in [-0.39, 0.29) is 11.4 Å². The SMILES string of the molecule is CCCOc1nc2c(C)cc(F)cc2cc1C(=O)O. The first kappa shape index (κ1) is 13.3. The molecule has 19 heavy (non-hydrogen) atoms. The van der Waals surface area contributed by atoms with E-state index < -0.39 is 11.8 Å². The zero-order valence-corrected chi connectivity index (χ0v) is 10.7. The van der Waals surface area contributed by atoms with Crippen LogP contribution in [0, 0.1) is 12.7 Å². The van der Waals surface area contributed by atoms with Crippen molar-refractivity contribution in [1.82, 2.24) is 4.98 Å². The Balaban J connectivity index is 2.65. The second-order valence-electron chi connectivity index (χ2n) is 4.29. The van der Waals surface area contributed by atoms with Gasteiger partial charge in [0.2, 0.25) is 5.88 Å². The van der Waals surface area contributed by atoms with Crippen molar-refractivity contribution < 1.29 is 19.0 Å². The van der Waals surface area contributed by atoms with Crippen molar-refractivity contribution in [2.75, 3.05) is 6.61 Å². The maximum absolute atomic E-state index is 13.3. The van der Waals surface area contributed by atoms with Crippen LogP contribution in [0.5, 0.6) is 5.88 Å². The molecule has 0 amide bonds. The minimum absolute atomic E-state index is 0.0500. The van der Waals surface area contributed by atoms with Crippen LogP contribution in [0.3, 0.4) is 0 Å². The standard InChI is InChI=1S/C14H14FNO3/c1-3-4-19-13-11(14(17)18)7-9-6-10(15)5-8(2)12(9)16-13/h5-7H,3-4H2,1-2H3,(H,17,18). The fourth-order valence-corrected chi connectivity index (χ4v) is 1.87. The lowest BCUT2D eigenvalue weighted by Crippen LogP contribution is -2.06. The molecule has 4 nitrogen and oxygen atoms in total. The fourth-order valence-electron chi connectivity index (χ4n) is 1.87. The Morgan fingerprint density at radius 3 is 2.79 bits per heavy atom. The van der Waals surface area contributed by atoms with Crippen LogP contribution in [-0.2, 0) is 0 Å². The highest BCUT2D eigenvalue weighted by atomic mass is 19.1. The molecule has 0 saturated carbocycles. The molecule has 100 valence electrons. The summed E-state index contributed by atoms with van der Waals surface area (Å²) in [5.74, 6) is -1.47. The van der Waals surface area contributed by atoms with E-state index in [1.165, 1.54) is 18.2 Å². The first-order chi connectivity index (χ1) is 9.02. The highest BCUT2D eigenvalue weighted by Gasteiger charge is 2.16. The molecule has 0 aliphatic rings. The van der Waals surface area contributed by atoms with Crippen LogP contribution in [0.25, 0.3) is 10.9 Å². The molecule has 2 rings (SSSR count). The largest absolute Gasteiger partial charge is 0.477 e. The Bertz CT molecular complexity index is 640. The molecule has 0 radical (unpaired) electrons. The number of aromatic nitrogens is 1. The molecule has 1 N–H and O–H groups in total. The molecule has 2 aromatic rings. The van der Waals surface area contributed by atoms with E-state index in [0.29, 0.717) is 23.1 Å². The number of carbonyl (C=O) groups is 1. The molecular weight excluding hydrogens is 249 g/mol. The first-order valence-electron chi connectivity index (χ1n) is 6.00. The number of nitrogens with zero attached hydrogens (tertiary/aromatic N) is 1. The van der Waals surface area contributed by atoms with E-state index in [4.69, 9.17) is 9.84 Å². The predicted octanol–water partition coefficient (Wildman–Crippen LogP) is 3.17. The summed E-state index contributed by atoms with van der Waals surface area (Å²) in [6.45, 7) is 4.03. The molecular formula is C14H14FNO3. The van der Waals surface area contributed by atoms with Gasteiger partial charge in [0.15, 0.2) is 0 Å². The van der Waals surface area contributed by atoms with E-state index in [9.17, 15) is 9.18 Å².